The molecule has 29 heavy (non-hydrogen) atoms. The first kappa shape index (κ1) is 21.7. The molecule has 2 aliphatic rings. The molecule has 1 aromatic carbocycles. The quantitative estimate of drug-likeness (QED) is 0.702. The molecule has 2 heterocycles. The molecule has 2 fully saturated rings. The van der Waals surface area contributed by atoms with Gasteiger partial charge in [-0.25, -0.2) is 0 Å². The SMILES string of the molecule is O=C1NC(C(F)(F)F)CCC1C(=O)N1CCN(C(=O)c2cccc(Cl)c2Cl)CC1. The number of rotatable bonds is 2. The first-order valence-electron chi connectivity index (χ1n) is 8.98. The first-order valence-corrected chi connectivity index (χ1v) is 9.74. The van der Waals surface area contributed by atoms with Crippen LogP contribution < -0.4 is 5.32 Å². The number of amides is 3. The van der Waals surface area contributed by atoms with E-state index in [9.17, 15) is 27.6 Å². The Kier molecular flexibility index (Phi) is 6.28. The van der Waals surface area contributed by atoms with Crippen molar-refractivity contribution < 1.29 is 27.6 Å². The molecule has 0 aliphatic carbocycles. The molecule has 1 N–H and O–H groups in total. The predicted octanol–water partition coefficient (Wildman–Crippen LogP) is 2.73. The largest absolute Gasteiger partial charge is 0.408 e. The predicted molar refractivity (Wildman–Crippen MR) is 99.7 cm³/mol. The van der Waals surface area contributed by atoms with E-state index < -0.39 is 30.0 Å². The fraction of sp³-hybridized carbons (Fsp3) is 0.500. The zero-order valence-electron chi connectivity index (χ0n) is 15.1. The van der Waals surface area contributed by atoms with E-state index in [0.29, 0.717) is 0 Å². The number of nitrogens with one attached hydrogen (secondary N) is 1. The second-order valence-electron chi connectivity index (χ2n) is 6.95. The second-order valence-corrected chi connectivity index (χ2v) is 7.74. The van der Waals surface area contributed by atoms with Crippen molar-refractivity contribution in [1.29, 1.82) is 0 Å². The van der Waals surface area contributed by atoms with E-state index in [0.717, 1.165) is 0 Å². The molecule has 6 nitrogen and oxygen atoms in total. The maximum Gasteiger partial charge on any atom is 0.408 e. The van der Waals surface area contributed by atoms with Gasteiger partial charge in [0.2, 0.25) is 11.8 Å². The fourth-order valence-electron chi connectivity index (χ4n) is 3.48. The van der Waals surface area contributed by atoms with Gasteiger partial charge in [-0.1, -0.05) is 29.3 Å². The molecule has 0 spiro atoms. The summed E-state index contributed by atoms with van der Waals surface area (Å²) in [6.45, 7) is 0.782. The van der Waals surface area contributed by atoms with E-state index in [2.05, 4.69) is 0 Å². The summed E-state index contributed by atoms with van der Waals surface area (Å²) >= 11 is 12.0. The summed E-state index contributed by atoms with van der Waals surface area (Å²) in [7, 11) is 0. The smallest absolute Gasteiger partial charge is 0.344 e. The molecule has 2 unspecified atom stereocenters. The molecule has 0 radical (unpaired) electrons. The lowest BCUT2D eigenvalue weighted by molar-refractivity contribution is -0.172. The number of hydrogen-bond donors (Lipinski definition) is 1. The van der Waals surface area contributed by atoms with Gasteiger partial charge < -0.3 is 15.1 Å². The van der Waals surface area contributed by atoms with Gasteiger partial charge in [0.05, 0.1) is 15.6 Å². The van der Waals surface area contributed by atoms with Gasteiger partial charge in [0.25, 0.3) is 5.91 Å². The van der Waals surface area contributed by atoms with Crippen molar-refractivity contribution in [3.8, 4) is 0 Å². The summed E-state index contributed by atoms with van der Waals surface area (Å²) in [6.07, 6.45) is -5.03. The highest BCUT2D eigenvalue weighted by atomic mass is 35.5. The van der Waals surface area contributed by atoms with Gasteiger partial charge in [0.1, 0.15) is 12.0 Å². The third-order valence-corrected chi connectivity index (χ3v) is 5.95. The van der Waals surface area contributed by atoms with Crippen LogP contribution in [0.5, 0.6) is 0 Å². The van der Waals surface area contributed by atoms with Crippen molar-refractivity contribution in [1.82, 2.24) is 15.1 Å². The summed E-state index contributed by atoms with van der Waals surface area (Å²) in [5.41, 5.74) is 0.254. The highest BCUT2D eigenvalue weighted by Crippen LogP contribution is 2.30. The highest BCUT2D eigenvalue weighted by Gasteiger charge is 2.46. The number of piperidine rings is 1. The van der Waals surface area contributed by atoms with Crippen molar-refractivity contribution in [3.63, 3.8) is 0 Å². The Morgan fingerprint density at radius 1 is 1.03 bits per heavy atom. The molecule has 0 bridgehead atoms. The van der Waals surface area contributed by atoms with Crippen LogP contribution in [0.1, 0.15) is 23.2 Å². The van der Waals surface area contributed by atoms with Crippen LogP contribution in [0.25, 0.3) is 0 Å². The van der Waals surface area contributed by atoms with Crippen LogP contribution in [0.4, 0.5) is 13.2 Å². The third kappa shape index (κ3) is 4.61. The molecule has 0 saturated carbocycles. The van der Waals surface area contributed by atoms with Crippen molar-refractivity contribution in [2.45, 2.75) is 25.1 Å². The number of halogens is 5. The maximum absolute atomic E-state index is 12.7. The normalized spacial score (nSPS) is 23.0. The molecule has 3 rings (SSSR count). The zero-order chi connectivity index (χ0) is 21.3. The number of alkyl halides is 3. The van der Waals surface area contributed by atoms with Crippen molar-refractivity contribution >= 4 is 40.9 Å². The van der Waals surface area contributed by atoms with Crippen LogP contribution in [0.15, 0.2) is 18.2 Å². The Morgan fingerprint density at radius 2 is 1.66 bits per heavy atom. The number of carbonyl (C=O) groups excluding carboxylic acids is 3. The van der Waals surface area contributed by atoms with Crippen LogP contribution in [-0.2, 0) is 9.59 Å². The monoisotopic (exact) mass is 451 g/mol. The third-order valence-electron chi connectivity index (χ3n) is 5.13. The molecular weight excluding hydrogens is 434 g/mol. The van der Waals surface area contributed by atoms with Gasteiger partial charge in [-0.3, -0.25) is 14.4 Å². The van der Waals surface area contributed by atoms with E-state index in [1.54, 1.807) is 18.2 Å². The molecule has 1 aromatic rings. The topological polar surface area (TPSA) is 69.7 Å². The molecule has 158 valence electrons. The Hall–Kier alpha value is -2.00. The standard InChI is InChI=1S/C18H18Cl2F3N3O3/c19-12-3-1-2-10(14(12)20)16(28)25-6-8-26(9-7-25)17(29)11-4-5-13(18(21,22)23)24-15(11)27/h1-3,11,13H,4-9H2,(H,24,27). The summed E-state index contributed by atoms with van der Waals surface area (Å²) in [5, 5.41) is 2.29. The minimum atomic E-state index is -4.53. The lowest BCUT2D eigenvalue weighted by Crippen LogP contribution is -2.57. The molecule has 0 aromatic heterocycles. The van der Waals surface area contributed by atoms with Gasteiger partial charge in [-0.15, -0.1) is 0 Å². The Morgan fingerprint density at radius 3 is 2.24 bits per heavy atom. The fourth-order valence-corrected chi connectivity index (χ4v) is 3.86. The van der Waals surface area contributed by atoms with E-state index in [-0.39, 0.29) is 60.5 Å². The van der Waals surface area contributed by atoms with Crippen molar-refractivity contribution in [2.75, 3.05) is 26.2 Å². The zero-order valence-corrected chi connectivity index (χ0v) is 16.7. The first-order chi connectivity index (χ1) is 13.6. The van der Waals surface area contributed by atoms with Gasteiger partial charge in [0, 0.05) is 26.2 Å². The lowest BCUT2D eigenvalue weighted by atomic mass is 9.92. The number of benzene rings is 1. The molecule has 2 atom stereocenters. The van der Waals surface area contributed by atoms with Crippen LogP contribution in [0.2, 0.25) is 10.0 Å². The summed E-state index contributed by atoms with van der Waals surface area (Å²) in [5.74, 6) is -2.89. The number of piperazine rings is 1. The minimum absolute atomic E-state index is 0.149. The van der Waals surface area contributed by atoms with Crippen LogP contribution in [0.3, 0.4) is 0 Å². The van der Waals surface area contributed by atoms with E-state index in [4.69, 9.17) is 23.2 Å². The highest BCUT2D eigenvalue weighted by molar-refractivity contribution is 6.43. The van der Waals surface area contributed by atoms with Gasteiger partial charge in [0.15, 0.2) is 0 Å². The number of nitrogens with zero attached hydrogens (tertiary/aromatic N) is 2. The van der Waals surface area contributed by atoms with Crippen LogP contribution in [-0.4, -0.2) is 65.9 Å². The van der Waals surface area contributed by atoms with Crippen molar-refractivity contribution in [3.05, 3.63) is 33.8 Å². The Balaban J connectivity index is 1.58. The summed E-state index contributed by atoms with van der Waals surface area (Å²) in [4.78, 5) is 40.2. The van der Waals surface area contributed by atoms with Crippen molar-refractivity contribution in [2.24, 2.45) is 5.92 Å². The van der Waals surface area contributed by atoms with Gasteiger partial charge >= 0.3 is 6.18 Å². The maximum atomic E-state index is 12.7. The average Bonchev–Trinajstić information content (AvgIpc) is 2.68. The number of hydrogen-bond acceptors (Lipinski definition) is 3. The van der Waals surface area contributed by atoms with E-state index in [1.165, 1.54) is 9.80 Å². The van der Waals surface area contributed by atoms with Gasteiger partial charge in [-0.2, -0.15) is 13.2 Å². The molecule has 11 heteroatoms. The molecular formula is C18H18Cl2F3N3O3. The lowest BCUT2D eigenvalue weighted by Gasteiger charge is -2.38. The molecule has 2 aliphatic heterocycles. The Bertz CT molecular complexity index is 826. The summed E-state index contributed by atoms with van der Waals surface area (Å²) in [6, 6.07) is 2.81. The average molecular weight is 452 g/mol. The minimum Gasteiger partial charge on any atom is -0.344 e. The Labute approximate surface area is 174 Å². The molecule has 2 saturated heterocycles. The van der Waals surface area contributed by atoms with Crippen LogP contribution >= 0.6 is 23.2 Å². The van der Waals surface area contributed by atoms with E-state index >= 15 is 0 Å². The second kappa shape index (κ2) is 8.39. The molecule has 3 amide bonds. The summed E-state index contributed by atoms with van der Waals surface area (Å²) < 4.78 is 38.2. The van der Waals surface area contributed by atoms with Gasteiger partial charge in [-0.05, 0) is 25.0 Å². The number of carbonyl (C=O) groups is 3. The van der Waals surface area contributed by atoms with Crippen LogP contribution in [0, 0.1) is 5.92 Å². The van der Waals surface area contributed by atoms with E-state index in [1.807, 2.05) is 5.32 Å².